The summed E-state index contributed by atoms with van der Waals surface area (Å²) in [5.74, 6) is 1.64. The smallest absolute Gasteiger partial charge is 0.115 e. The van der Waals surface area contributed by atoms with Crippen LogP contribution in [-0.2, 0) is 0 Å². The number of nitrogens with one attached hydrogen (secondary N) is 1. The third kappa shape index (κ3) is 1.90. The van der Waals surface area contributed by atoms with Crippen LogP contribution in [0.4, 0.5) is 0 Å². The van der Waals surface area contributed by atoms with Crippen LogP contribution in [0.1, 0.15) is 24.8 Å². The number of phenolic OH excluding ortho intramolecular Hbond substituents is 1. The van der Waals surface area contributed by atoms with E-state index >= 15 is 0 Å². The first-order valence-electron chi connectivity index (χ1n) is 5.27. The zero-order chi connectivity index (χ0) is 9.97. The van der Waals surface area contributed by atoms with E-state index < -0.39 is 0 Å². The predicted octanol–water partition coefficient (Wildman–Crippen LogP) is 2.11. The molecular formula is C12H17NO. The fourth-order valence-electron chi connectivity index (χ4n) is 2.26. The minimum atomic E-state index is 0.383. The van der Waals surface area contributed by atoms with E-state index in [1.165, 1.54) is 12.0 Å². The molecular weight excluding hydrogens is 174 g/mol. The quantitative estimate of drug-likeness (QED) is 0.712. The van der Waals surface area contributed by atoms with Gasteiger partial charge in [-0.3, -0.25) is 0 Å². The predicted molar refractivity (Wildman–Crippen MR) is 57.5 cm³/mol. The summed E-state index contributed by atoms with van der Waals surface area (Å²) in [5.41, 5.74) is 1.28. The zero-order valence-electron chi connectivity index (χ0n) is 8.53. The number of hydrogen-bond donors (Lipinski definition) is 2. The lowest BCUT2D eigenvalue weighted by Gasteiger charge is -2.29. The van der Waals surface area contributed by atoms with Crippen molar-refractivity contribution >= 4 is 0 Å². The molecule has 2 N–H and O–H groups in total. The van der Waals surface area contributed by atoms with Gasteiger partial charge < -0.3 is 10.4 Å². The van der Waals surface area contributed by atoms with E-state index in [2.05, 4.69) is 18.3 Å². The highest BCUT2D eigenvalue weighted by atomic mass is 16.3. The van der Waals surface area contributed by atoms with Gasteiger partial charge in [-0.15, -0.1) is 0 Å². The lowest BCUT2D eigenvalue weighted by Crippen LogP contribution is -2.33. The Morgan fingerprint density at radius 2 is 2.29 bits per heavy atom. The van der Waals surface area contributed by atoms with E-state index in [1.54, 1.807) is 6.07 Å². The lowest BCUT2D eigenvalue weighted by molar-refractivity contribution is 0.348. The Labute approximate surface area is 85.0 Å². The molecule has 2 nitrogen and oxygen atoms in total. The first-order chi connectivity index (χ1) is 6.77. The Hall–Kier alpha value is -1.02. The molecule has 2 rings (SSSR count). The molecule has 0 amide bonds. The highest BCUT2D eigenvalue weighted by Gasteiger charge is 2.22. The van der Waals surface area contributed by atoms with E-state index in [1.807, 2.05) is 12.1 Å². The maximum Gasteiger partial charge on any atom is 0.115 e. The van der Waals surface area contributed by atoms with Crippen molar-refractivity contribution in [3.63, 3.8) is 0 Å². The number of piperidine rings is 1. The standard InChI is InChI=1S/C12H17NO/c1-9-8-13-6-5-12(9)10-3-2-4-11(14)7-10/h2-4,7,9,12-14H,5-6,8H2,1H3/t9-,12+/m0/s1. The molecule has 1 aromatic carbocycles. The minimum Gasteiger partial charge on any atom is -0.508 e. The van der Waals surface area contributed by atoms with Crippen molar-refractivity contribution in [1.82, 2.24) is 5.32 Å². The molecule has 1 heterocycles. The van der Waals surface area contributed by atoms with Crippen LogP contribution in [0.15, 0.2) is 24.3 Å². The summed E-state index contributed by atoms with van der Waals surface area (Å²) in [6.07, 6.45) is 1.17. The normalized spacial score (nSPS) is 27.5. The van der Waals surface area contributed by atoms with Gasteiger partial charge >= 0.3 is 0 Å². The van der Waals surface area contributed by atoms with E-state index in [9.17, 15) is 5.11 Å². The third-order valence-corrected chi connectivity index (χ3v) is 3.08. The molecule has 0 aliphatic carbocycles. The van der Waals surface area contributed by atoms with Gasteiger partial charge in [-0.05, 0) is 49.0 Å². The third-order valence-electron chi connectivity index (χ3n) is 3.08. The molecule has 1 aliphatic rings. The van der Waals surface area contributed by atoms with E-state index in [0.29, 0.717) is 17.6 Å². The average molecular weight is 191 g/mol. The first kappa shape index (κ1) is 9.53. The van der Waals surface area contributed by atoms with E-state index in [0.717, 1.165) is 13.1 Å². The number of rotatable bonds is 1. The largest absolute Gasteiger partial charge is 0.508 e. The van der Waals surface area contributed by atoms with Crippen LogP contribution in [0.5, 0.6) is 5.75 Å². The maximum atomic E-state index is 9.41. The van der Waals surface area contributed by atoms with Crippen molar-refractivity contribution in [2.75, 3.05) is 13.1 Å². The molecule has 1 fully saturated rings. The van der Waals surface area contributed by atoms with Crippen molar-refractivity contribution < 1.29 is 5.11 Å². The van der Waals surface area contributed by atoms with Crippen LogP contribution < -0.4 is 5.32 Å². The van der Waals surface area contributed by atoms with Gasteiger partial charge in [-0.1, -0.05) is 19.1 Å². The Morgan fingerprint density at radius 3 is 3.00 bits per heavy atom. The van der Waals surface area contributed by atoms with Crippen LogP contribution in [0.2, 0.25) is 0 Å². The molecule has 76 valence electrons. The monoisotopic (exact) mass is 191 g/mol. The molecule has 0 unspecified atom stereocenters. The van der Waals surface area contributed by atoms with Gasteiger partial charge in [0, 0.05) is 0 Å². The SMILES string of the molecule is C[C@H]1CNCC[C@H]1c1cccc(O)c1. The van der Waals surface area contributed by atoms with E-state index in [-0.39, 0.29) is 0 Å². The molecule has 0 aromatic heterocycles. The minimum absolute atomic E-state index is 0.383. The summed E-state index contributed by atoms with van der Waals surface area (Å²) in [5, 5.41) is 12.8. The van der Waals surface area contributed by atoms with Gasteiger partial charge in [0.25, 0.3) is 0 Å². The molecule has 14 heavy (non-hydrogen) atoms. The first-order valence-corrected chi connectivity index (χ1v) is 5.27. The molecule has 2 atom stereocenters. The Kier molecular flexibility index (Phi) is 2.73. The topological polar surface area (TPSA) is 32.3 Å². The summed E-state index contributed by atoms with van der Waals surface area (Å²) >= 11 is 0. The molecule has 1 aliphatic heterocycles. The van der Waals surface area contributed by atoms with Crippen LogP contribution in [0, 0.1) is 5.92 Å². The van der Waals surface area contributed by atoms with Gasteiger partial charge in [0.2, 0.25) is 0 Å². The van der Waals surface area contributed by atoms with Gasteiger partial charge in [0.1, 0.15) is 5.75 Å². The van der Waals surface area contributed by atoms with Crippen molar-refractivity contribution in [3.8, 4) is 5.75 Å². The van der Waals surface area contributed by atoms with Gasteiger partial charge in [-0.25, -0.2) is 0 Å². The van der Waals surface area contributed by atoms with Gasteiger partial charge in [0.05, 0.1) is 0 Å². The van der Waals surface area contributed by atoms with Crippen molar-refractivity contribution in [3.05, 3.63) is 29.8 Å². The molecule has 0 radical (unpaired) electrons. The second kappa shape index (κ2) is 4.01. The van der Waals surface area contributed by atoms with Crippen LogP contribution in [0.25, 0.3) is 0 Å². The molecule has 2 heteroatoms. The molecule has 1 aromatic rings. The fraction of sp³-hybridized carbons (Fsp3) is 0.500. The Bertz CT molecular complexity index is 311. The highest BCUT2D eigenvalue weighted by Crippen LogP contribution is 2.31. The second-order valence-electron chi connectivity index (χ2n) is 4.17. The second-order valence-corrected chi connectivity index (χ2v) is 4.17. The number of phenols is 1. The zero-order valence-corrected chi connectivity index (χ0v) is 8.53. The van der Waals surface area contributed by atoms with Crippen molar-refractivity contribution in [1.29, 1.82) is 0 Å². The van der Waals surface area contributed by atoms with Gasteiger partial charge in [-0.2, -0.15) is 0 Å². The molecule has 0 saturated carbocycles. The van der Waals surface area contributed by atoms with Crippen LogP contribution in [-0.4, -0.2) is 18.2 Å². The average Bonchev–Trinajstić information content (AvgIpc) is 2.18. The summed E-state index contributed by atoms with van der Waals surface area (Å²) in [6, 6.07) is 7.67. The summed E-state index contributed by atoms with van der Waals surface area (Å²) in [6.45, 7) is 4.44. The Balaban J connectivity index is 2.20. The van der Waals surface area contributed by atoms with Gasteiger partial charge in [0.15, 0.2) is 0 Å². The number of aromatic hydroxyl groups is 1. The molecule has 0 bridgehead atoms. The summed E-state index contributed by atoms with van der Waals surface area (Å²) in [7, 11) is 0. The maximum absolute atomic E-state index is 9.41. The Morgan fingerprint density at radius 1 is 1.43 bits per heavy atom. The van der Waals surface area contributed by atoms with Crippen molar-refractivity contribution in [2.24, 2.45) is 5.92 Å². The lowest BCUT2D eigenvalue weighted by atomic mass is 9.82. The van der Waals surface area contributed by atoms with Crippen LogP contribution >= 0.6 is 0 Å². The van der Waals surface area contributed by atoms with Crippen molar-refractivity contribution in [2.45, 2.75) is 19.3 Å². The highest BCUT2D eigenvalue weighted by molar-refractivity contribution is 5.30. The number of benzene rings is 1. The summed E-state index contributed by atoms with van der Waals surface area (Å²) in [4.78, 5) is 0. The van der Waals surface area contributed by atoms with E-state index in [4.69, 9.17) is 0 Å². The molecule has 0 spiro atoms. The number of hydrogen-bond acceptors (Lipinski definition) is 2. The fourth-order valence-corrected chi connectivity index (χ4v) is 2.26. The molecule has 1 saturated heterocycles. The van der Waals surface area contributed by atoms with Crippen LogP contribution in [0.3, 0.4) is 0 Å². The summed E-state index contributed by atoms with van der Waals surface area (Å²) < 4.78 is 0.